The van der Waals surface area contributed by atoms with Gasteiger partial charge in [0.25, 0.3) is 0 Å². The fraction of sp³-hybridized carbons (Fsp3) is 0.333. The van der Waals surface area contributed by atoms with Crippen molar-refractivity contribution in [2.24, 2.45) is 5.73 Å². The molecule has 0 saturated carbocycles. The van der Waals surface area contributed by atoms with Crippen LogP contribution in [0.3, 0.4) is 0 Å². The molecule has 0 bridgehead atoms. The van der Waals surface area contributed by atoms with Gasteiger partial charge in [-0.1, -0.05) is 29.3 Å². The van der Waals surface area contributed by atoms with E-state index in [2.05, 4.69) is 0 Å². The van der Waals surface area contributed by atoms with Crippen molar-refractivity contribution in [3.05, 3.63) is 33.8 Å². The summed E-state index contributed by atoms with van der Waals surface area (Å²) in [7, 11) is 0. The lowest BCUT2D eigenvalue weighted by atomic mass is 9.96. The maximum Gasteiger partial charge on any atom is 0.100 e. The Hall–Kier alpha value is 0.01000. The van der Waals surface area contributed by atoms with Crippen LogP contribution in [0.4, 0.5) is 0 Å². The molecule has 5 heteroatoms. The Morgan fingerprint density at radius 2 is 2.00 bits per heavy atom. The Balaban J connectivity index is 0.00000169. The van der Waals surface area contributed by atoms with Gasteiger partial charge in [-0.3, -0.25) is 0 Å². The van der Waals surface area contributed by atoms with Gasteiger partial charge in [0.15, 0.2) is 0 Å². The van der Waals surface area contributed by atoms with Gasteiger partial charge in [-0.25, -0.2) is 0 Å². The maximum atomic E-state index is 9.81. The van der Waals surface area contributed by atoms with Crippen LogP contribution in [0.5, 0.6) is 0 Å². The molecule has 0 aromatic heterocycles. The van der Waals surface area contributed by atoms with E-state index in [4.69, 9.17) is 28.9 Å². The van der Waals surface area contributed by atoms with Gasteiger partial charge in [-0.2, -0.15) is 0 Å². The zero-order valence-electron chi connectivity index (χ0n) is 7.63. The van der Waals surface area contributed by atoms with Crippen LogP contribution < -0.4 is 5.73 Å². The third-order valence-electron chi connectivity index (χ3n) is 1.91. The smallest absolute Gasteiger partial charge is 0.100 e. The second kappa shape index (κ2) is 5.19. The number of rotatable bonds is 2. The monoisotopic (exact) mass is 255 g/mol. The average Bonchev–Trinajstić information content (AvgIpc) is 2.03. The molecule has 3 N–H and O–H groups in total. The van der Waals surface area contributed by atoms with Crippen molar-refractivity contribution in [2.75, 3.05) is 6.54 Å². The first kappa shape index (κ1) is 14.0. The lowest BCUT2D eigenvalue weighted by Gasteiger charge is -2.22. The molecule has 1 atom stereocenters. The summed E-state index contributed by atoms with van der Waals surface area (Å²) in [6.07, 6.45) is 0. The van der Waals surface area contributed by atoms with Gasteiger partial charge >= 0.3 is 0 Å². The molecule has 0 heterocycles. The van der Waals surface area contributed by atoms with E-state index in [1.54, 1.807) is 25.1 Å². The number of nitrogens with two attached hydrogens (primary N) is 1. The van der Waals surface area contributed by atoms with Gasteiger partial charge in [0.1, 0.15) is 5.60 Å². The molecule has 0 amide bonds. The van der Waals surface area contributed by atoms with Crippen LogP contribution in [0.1, 0.15) is 12.5 Å². The zero-order chi connectivity index (χ0) is 10.1. The molecule has 1 rings (SSSR count). The molecule has 1 unspecified atom stereocenters. The largest absolute Gasteiger partial charge is 0.384 e. The highest BCUT2D eigenvalue weighted by Crippen LogP contribution is 2.29. The van der Waals surface area contributed by atoms with Crippen molar-refractivity contribution in [1.29, 1.82) is 0 Å². The van der Waals surface area contributed by atoms with Crippen LogP contribution in [0, 0.1) is 0 Å². The molecule has 0 fully saturated rings. The highest BCUT2D eigenvalue weighted by molar-refractivity contribution is 6.35. The van der Waals surface area contributed by atoms with Crippen LogP contribution in [0.2, 0.25) is 10.0 Å². The molecular formula is C9H12Cl3NO. The van der Waals surface area contributed by atoms with E-state index in [0.717, 1.165) is 0 Å². The molecule has 0 spiro atoms. The summed E-state index contributed by atoms with van der Waals surface area (Å²) >= 11 is 11.6. The van der Waals surface area contributed by atoms with Crippen LogP contribution in [-0.2, 0) is 5.60 Å². The Bertz CT molecular complexity index is 315. The third kappa shape index (κ3) is 3.01. The van der Waals surface area contributed by atoms with Gasteiger partial charge in [-0.05, 0) is 19.1 Å². The Labute approximate surface area is 99.4 Å². The highest BCUT2D eigenvalue weighted by Gasteiger charge is 2.23. The van der Waals surface area contributed by atoms with E-state index in [-0.39, 0.29) is 19.0 Å². The molecule has 2 nitrogen and oxygen atoms in total. The van der Waals surface area contributed by atoms with E-state index in [1.807, 2.05) is 0 Å². The van der Waals surface area contributed by atoms with E-state index in [0.29, 0.717) is 15.6 Å². The van der Waals surface area contributed by atoms with E-state index in [1.165, 1.54) is 0 Å². The minimum absolute atomic E-state index is 0. The van der Waals surface area contributed by atoms with Crippen molar-refractivity contribution in [2.45, 2.75) is 12.5 Å². The van der Waals surface area contributed by atoms with Gasteiger partial charge in [-0.15, -0.1) is 12.4 Å². The SMILES string of the molecule is CC(O)(CN)c1ccc(Cl)cc1Cl.Cl. The molecule has 1 aromatic rings. The standard InChI is InChI=1S/C9H11Cl2NO.ClH/c1-9(13,5-12)7-3-2-6(10)4-8(7)11;/h2-4,13H,5,12H2,1H3;1H. The summed E-state index contributed by atoms with van der Waals surface area (Å²) in [6.45, 7) is 1.73. The summed E-state index contributed by atoms with van der Waals surface area (Å²) in [5.74, 6) is 0. The van der Waals surface area contributed by atoms with Crippen molar-refractivity contribution in [3.63, 3.8) is 0 Å². The summed E-state index contributed by atoms with van der Waals surface area (Å²) < 4.78 is 0. The first-order valence-electron chi connectivity index (χ1n) is 3.85. The predicted octanol–water partition coefficient (Wildman–Crippen LogP) is 2.58. The molecule has 80 valence electrons. The molecule has 0 saturated heterocycles. The zero-order valence-corrected chi connectivity index (χ0v) is 9.96. The maximum absolute atomic E-state index is 9.81. The average molecular weight is 257 g/mol. The Morgan fingerprint density at radius 3 is 2.43 bits per heavy atom. The second-order valence-electron chi connectivity index (χ2n) is 3.10. The summed E-state index contributed by atoms with van der Waals surface area (Å²) in [5.41, 5.74) is 4.91. The van der Waals surface area contributed by atoms with Crippen molar-refractivity contribution in [3.8, 4) is 0 Å². The Morgan fingerprint density at radius 1 is 1.43 bits per heavy atom. The second-order valence-corrected chi connectivity index (χ2v) is 3.95. The minimum Gasteiger partial charge on any atom is -0.384 e. The van der Waals surface area contributed by atoms with Gasteiger partial charge in [0.05, 0.1) is 0 Å². The number of hydrogen-bond donors (Lipinski definition) is 2. The first-order valence-corrected chi connectivity index (χ1v) is 4.61. The van der Waals surface area contributed by atoms with E-state index < -0.39 is 5.60 Å². The lowest BCUT2D eigenvalue weighted by molar-refractivity contribution is 0.0669. The van der Waals surface area contributed by atoms with Crippen molar-refractivity contribution in [1.82, 2.24) is 0 Å². The van der Waals surface area contributed by atoms with Crippen LogP contribution >= 0.6 is 35.6 Å². The number of hydrogen-bond acceptors (Lipinski definition) is 2. The molecule has 14 heavy (non-hydrogen) atoms. The Kier molecular flexibility index (Phi) is 5.20. The van der Waals surface area contributed by atoms with Crippen molar-refractivity contribution >= 4 is 35.6 Å². The number of benzene rings is 1. The first-order chi connectivity index (χ1) is 5.97. The molecule has 0 radical (unpaired) electrons. The minimum atomic E-state index is -1.10. The van der Waals surface area contributed by atoms with Gasteiger partial charge in [0, 0.05) is 22.2 Å². The number of aliphatic hydroxyl groups is 1. The summed E-state index contributed by atoms with van der Waals surface area (Å²) in [5, 5.41) is 10.8. The van der Waals surface area contributed by atoms with E-state index in [9.17, 15) is 5.11 Å². The molecule has 1 aromatic carbocycles. The molecular weight excluding hydrogens is 244 g/mol. The van der Waals surface area contributed by atoms with Crippen molar-refractivity contribution < 1.29 is 5.11 Å². The topological polar surface area (TPSA) is 46.2 Å². The van der Waals surface area contributed by atoms with Crippen LogP contribution in [-0.4, -0.2) is 11.7 Å². The molecule has 0 aliphatic rings. The van der Waals surface area contributed by atoms with E-state index >= 15 is 0 Å². The van der Waals surface area contributed by atoms with Crippen LogP contribution in [0.25, 0.3) is 0 Å². The molecule has 0 aliphatic heterocycles. The summed E-state index contributed by atoms with van der Waals surface area (Å²) in [4.78, 5) is 0. The lowest BCUT2D eigenvalue weighted by Crippen LogP contribution is -2.31. The predicted molar refractivity (Wildman–Crippen MR) is 62.3 cm³/mol. The third-order valence-corrected chi connectivity index (χ3v) is 2.46. The fourth-order valence-corrected chi connectivity index (χ4v) is 1.65. The number of halogens is 3. The quantitative estimate of drug-likeness (QED) is 0.854. The molecule has 0 aliphatic carbocycles. The summed E-state index contributed by atoms with van der Waals surface area (Å²) in [6, 6.07) is 4.94. The normalized spacial score (nSPS) is 14.4. The highest BCUT2D eigenvalue weighted by atomic mass is 35.5. The van der Waals surface area contributed by atoms with Gasteiger partial charge < -0.3 is 10.8 Å². The van der Waals surface area contributed by atoms with Crippen LogP contribution in [0.15, 0.2) is 18.2 Å². The van der Waals surface area contributed by atoms with Gasteiger partial charge in [0.2, 0.25) is 0 Å². The fourth-order valence-electron chi connectivity index (χ4n) is 1.04.